The van der Waals surface area contributed by atoms with Crippen LogP contribution in [0.3, 0.4) is 0 Å². The quantitative estimate of drug-likeness (QED) is 0.610. The minimum absolute atomic E-state index is 0.138. The average molecular weight is 373 g/mol. The number of amides is 2. The molecule has 1 aliphatic heterocycles. The molecule has 2 aromatic rings. The highest BCUT2D eigenvalue weighted by molar-refractivity contribution is 7.98. The fourth-order valence-electron chi connectivity index (χ4n) is 2.80. The fourth-order valence-corrected chi connectivity index (χ4v) is 3.33. The molecule has 0 saturated carbocycles. The Hall–Kier alpha value is -2.24. The predicted molar refractivity (Wildman–Crippen MR) is 101 cm³/mol. The molecule has 0 unspecified atom stereocenters. The van der Waals surface area contributed by atoms with Gasteiger partial charge in [0.05, 0.1) is 6.04 Å². The average Bonchev–Trinajstić information content (AvgIpc) is 2.61. The summed E-state index contributed by atoms with van der Waals surface area (Å²) in [6.07, 6.45) is 2.00. The topological polar surface area (TPSA) is 58.2 Å². The number of ketones is 1. The summed E-state index contributed by atoms with van der Waals surface area (Å²) in [5, 5.41) is 6.11. The van der Waals surface area contributed by atoms with Crippen molar-refractivity contribution in [3.63, 3.8) is 0 Å². The van der Waals surface area contributed by atoms with Crippen molar-refractivity contribution in [1.29, 1.82) is 0 Å². The first kappa shape index (κ1) is 17.6. The first-order chi connectivity index (χ1) is 12.0. The molecule has 0 bridgehead atoms. The molecule has 0 aromatic heterocycles. The van der Waals surface area contributed by atoms with Gasteiger partial charge in [-0.2, -0.15) is 0 Å². The second-order valence-electron chi connectivity index (χ2n) is 5.68. The third kappa shape index (κ3) is 3.72. The first-order valence-corrected chi connectivity index (χ1v) is 9.32. The molecule has 2 amide bonds. The van der Waals surface area contributed by atoms with Gasteiger partial charge in [0, 0.05) is 26.8 Å². The highest BCUT2D eigenvalue weighted by Crippen LogP contribution is 2.30. The molecule has 25 heavy (non-hydrogen) atoms. The van der Waals surface area contributed by atoms with Crippen molar-refractivity contribution in [2.24, 2.45) is 0 Å². The maximum atomic E-state index is 13.0. The van der Waals surface area contributed by atoms with Crippen LogP contribution in [0.2, 0.25) is 5.02 Å². The molecule has 128 valence electrons. The Balaban J connectivity index is 2.02. The van der Waals surface area contributed by atoms with Crippen LogP contribution < -0.4 is 10.6 Å². The molecule has 0 aliphatic carbocycles. The molecule has 1 atom stereocenters. The number of carbonyl (C=O) groups is 2. The predicted octanol–water partition coefficient (Wildman–Crippen LogP) is 4.57. The maximum absolute atomic E-state index is 13.0. The van der Waals surface area contributed by atoms with E-state index in [0.717, 1.165) is 10.5 Å². The third-order valence-corrected chi connectivity index (χ3v) is 5.06. The van der Waals surface area contributed by atoms with Crippen molar-refractivity contribution >= 4 is 35.2 Å². The molecule has 0 spiro atoms. The van der Waals surface area contributed by atoms with Gasteiger partial charge in [0.25, 0.3) is 0 Å². The van der Waals surface area contributed by atoms with Crippen LogP contribution in [0.25, 0.3) is 0 Å². The van der Waals surface area contributed by atoms with Gasteiger partial charge in [-0.1, -0.05) is 23.7 Å². The van der Waals surface area contributed by atoms with Gasteiger partial charge in [-0.05, 0) is 55.1 Å². The van der Waals surface area contributed by atoms with E-state index in [9.17, 15) is 9.59 Å². The summed E-state index contributed by atoms with van der Waals surface area (Å²) >= 11 is 7.55. The zero-order valence-corrected chi connectivity index (χ0v) is 15.4. The van der Waals surface area contributed by atoms with E-state index in [1.54, 1.807) is 43.0 Å². The summed E-state index contributed by atoms with van der Waals surface area (Å²) in [6.45, 7) is 1.74. The number of thioether (sulfide) groups is 1. The fraction of sp³-hybridized carbons (Fsp3) is 0.158. The van der Waals surface area contributed by atoms with Crippen LogP contribution in [0, 0.1) is 0 Å². The number of hydrogen-bond acceptors (Lipinski definition) is 3. The molecule has 0 saturated heterocycles. The van der Waals surface area contributed by atoms with Gasteiger partial charge < -0.3 is 10.6 Å². The number of urea groups is 1. The number of rotatable bonds is 4. The molecule has 2 aromatic carbocycles. The monoisotopic (exact) mass is 372 g/mol. The van der Waals surface area contributed by atoms with Crippen LogP contribution in [-0.2, 0) is 0 Å². The van der Waals surface area contributed by atoms with Crippen molar-refractivity contribution in [3.05, 3.63) is 76.0 Å². The summed E-state index contributed by atoms with van der Waals surface area (Å²) in [6, 6.07) is 13.8. The lowest BCUT2D eigenvalue weighted by Gasteiger charge is -2.28. The molecule has 0 fully saturated rings. The molecule has 1 aliphatic rings. The van der Waals surface area contributed by atoms with E-state index in [4.69, 9.17) is 11.6 Å². The largest absolute Gasteiger partial charge is 0.327 e. The summed E-state index contributed by atoms with van der Waals surface area (Å²) in [5.74, 6) is -0.138. The van der Waals surface area contributed by atoms with Crippen molar-refractivity contribution in [1.82, 2.24) is 10.6 Å². The summed E-state index contributed by atoms with van der Waals surface area (Å²) in [7, 11) is 0. The number of nitrogens with one attached hydrogen (secondary N) is 2. The van der Waals surface area contributed by atoms with E-state index >= 15 is 0 Å². The van der Waals surface area contributed by atoms with Gasteiger partial charge in [-0.15, -0.1) is 11.8 Å². The van der Waals surface area contributed by atoms with E-state index in [2.05, 4.69) is 10.6 Å². The minimum Gasteiger partial charge on any atom is -0.327 e. The highest BCUT2D eigenvalue weighted by Gasteiger charge is 2.31. The lowest BCUT2D eigenvalue weighted by molar-refractivity contribution is 0.102. The minimum atomic E-state index is -0.493. The molecule has 2 N–H and O–H groups in total. The third-order valence-electron chi connectivity index (χ3n) is 4.07. The Morgan fingerprint density at radius 1 is 1.08 bits per heavy atom. The Labute approximate surface area is 155 Å². The summed E-state index contributed by atoms with van der Waals surface area (Å²) in [5.41, 5.74) is 2.48. The number of halogens is 1. The van der Waals surface area contributed by atoms with E-state index < -0.39 is 6.04 Å². The SMILES string of the molecule is CSc1ccc([C@@H]2NC(=O)NC(C)=C2C(=O)c2ccc(Cl)cc2)cc1. The van der Waals surface area contributed by atoms with Gasteiger partial charge in [0.15, 0.2) is 5.78 Å². The lowest BCUT2D eigenvalue weighted by Crippen LogP contribution is -2.45. The Morgan fingerprint density at radius 3 is 2.32 bits per heavy atom. The first-order valence-electron chi connectivity index (χ1n) is 7.72. The van der Waals surface area contributed by atoms with E-state index in [1.807, 2.05) is 30.5 Å². The van der Waals surface area contributed by atoms with Crippen LogP contribution in [0.5, 0.6) is 0 Å². The van der Waals surface area contributed by atoms with Gasteiger partial charge in [-0.25, -0.2) is 4.79 Å². The molecular weight excluding hydrogens is 356 g/mol. The molecule has 0 radical (unpaired) electrons. The summed E-state index contributed by atoms with van der Waals surface area (Å²) < 4.78 is 0. The number of Topliss-reactive ketones (excluding diaryl/α,β-unsaturated/α-hetero) is 1. The van der Waals surface area contributed by atoms with Gasteiger partial charge in [0.2, 0.25) is 0 Å². The highest BCUT2D eigenvalue weighted by atomic mass is 35.5. The van der Waals surface area contributed by atoms with Gasteiger partial charge in [0.1, 0.15) is 0 Å². The Morgan fingerprint density at radius 2 is 1.72 bits per heavy atom. The van der Waals surface area contributed by atoms with Crippen LogP contribution in [0.1, 0.15) is 28.9 Å². The second-order valence-corrected chi connectivity index (χ2v) is 7.00. The number of benzene rings is 2. The van der Waals surface area contributed by atoms with Gasteiger partial charge >= 0.3 is 6.03 Å². The smallest absolute Gasteiger partial charge is 0.319 e. The van der Waals surface area contributed by atoms with Crippen LogP contribution in [0.4, 0.5) is 4.79 Å². The Bertz CT molecular complexity index is 845. The van der Waals surface area contributed by atoms with E-state index in [0.29, 0.717) is 21.9 Å². The van der Waals surface area contributed by atoms with Crippen LogP contribution >= 0.6 is 23.4 Å². The number of hydrogen-bond donors (Lipinski definition) is 2. The summed E-state index contributed by atoms with van der Waals surface area (Å²) in [4.78, 5) is 26.1. The number of allylic oxidation sites excluding steroid dienone is 1. The van der Waals surface area contributed by atoms with Crippen molar-refractivity contribution < 1.29 is 9.59 Å². The van der Waals surface area contributed by atoms with E-state index in [-0.39, 0.29) is 11.8 Å². The van der Waals surface area contributed by atoms with Crippen molar-refractivity contribution in [2.45, 2.75) is 17.9 Å². The van der Waals surface area contributed by atoms with Crippen molar-refractivity contribution in [3.8, 4) is 0 Å². The molecule has 1 heterocycles. The van der Waals surface area contributed by atoms with Crippen LogP contribution in [-0.4, -0.2) is 18.1 Å². The number of carbonyl (C=O) groups excluding carboxylic acids is 2. The normalized spacial score (nSPS) is 17.1. The van der Waals surface area contributed by atoms with E-state index in [1.165, 1.54) is 0 Å². The molecular formula is C19H17ClN2O2S. The molecule has 4 nitrogen and oxygen atoms in total. The molecule has 3 rings (SSSR count). The van der Waals surface area contributed by atoms with Gasteiger partial charge in [-0.3, -0.25) is 4.79 Å². The maximum Gasteiger partial charge on any atom is 0.319 e. The standard InChI is InChI=1S/C19H17ClN2O2S/c1-11-16(18(23)13-3-7-14(20)8-4-13)17(22-19(24)21-11)12-5-9-15(25-2)10-6-12/h3-10,17H,1-2H3,(H2,21,22,24)/t17-/m0/s1. The van der Waals surface area contributed by atoms with Crippen LogP contribution in [0.15, 0.2) is 64.7 Å². The zero-order chi connectivity index (χ0) is 18.0. The zero-order valence-electron chi connectivity index (χ0n) is 13.8. The van der Waals surface area contributed by atoms with Crippen molar-refractivity contribution in [2.75, 3.05) is 6.26 Å². The Kier molecular flexibility index (Phi) is 5.16. The molecule has 6 heteroatoms. The second kappa shape index (κ2) is 7.33. The lowest BCUT2D eigenvalue weighted by atomic mass is 9.90.